The van der Waals surface area contributed by atoms with E-state index in [0.29, 0.717) is 5.16 Å². The molecule has 2 rings (SSSR count). The molecule has 0 saturated carbocycles. The number of aryl methyl sites for hydroxylation is 2. The quantitative estimate of drug-likeness (QED) is 0.295. The predicted molar refractivity (Wildman–Crippen MR) is 74.6 cm³/mol. The third-order valence-corrected chi connectivity index (χ3v) is 3.43. The zero-order chi connectivity index (χ0) is 13.8. The third-order valence-electron chi connectivity index (χ3n) is 2.56. The van der Waals surface area contributed by atoms with Crippen LogP contribution in [0.4, 0.5) is 0 Å². The van der Waals surface area contributed by atoms with Crippen molar-refractivity contribution in [3.8, 4) is 0 Å². The van der Waals surface area contributed by atoms with Crippen molar-refractivity contribution in [2.45, 2.75) is 23.9 Å². The minimum absolute atomic E-state index is 0.112. The van der Waals surface area contributed by atoms with Crippen molar-refractivity contribution < 1.29 is 5.21 Å². The number of hydrogen-bond acceptors (Lipinski definition) is 5. The van der Waals surface area contributed by atoms with Crippen molar-refractivity contribution in [2.75, 3.05) is 0 Å². The molecule has 0 spiro atoms. The summed E-state index contributed by atoms with van der Waals surface area (Å²) >= 11 is 1.48. The number of amidine groups is 1. The van der Waals surface area contributed by atoms with E-state index in [9.17, 15) is 0 Å². The fourth-order valence-corrected chi connectivity index (χ4v) is 2.51. The molecule has 0 radical (unpaired) electrons. The van der Waals surface area contributed by atoms with Crippen molar-refractivity contribution in [1.82, 2.24) is 9.97 Å². The van der Waals surface area contributed by atoms with Gasteiger partial charge in [0.15, 0.2) is 11.0 Å². The molecule has 2 aromatic rings. The first kappa shape index (κ1) is 13.4. The normalized spacial score (nSPS) is 11.6. The van der Waals surface area contributed by atoms with E-state index in [2.05, 4.69) is 15.1 Å². The lowest BCUT2D eigenvalue weighted by Crippen LogP contribution is -2.14. The SMILES string of the molecule is Cc1ccnc(Sc2ccc(/C(N)=N/O)c(C)c2)n1. The lowest BCUT2D eigenvalue weighted by molar-refractivity contribution is 0.318. The van der Waals surface area contributed by atoms with Gasteiger partial charge in [-0.2, -0.15) is 0 Å². The second kappa shape index (κ2) is 5.71. The van der Waals surface area contributed by atoms with Crippen LogP contribution in [0.2, 0.25) is 0 Å². The van der Waals surface area contributed by atoms with Crippen molar-refractivity contribution in [3.63, 3.8) is 0 Å². The Bertz CT molecular complexity index is 628. The van der Waals surface area contributed by atoms with Gasteiger partial charge in [-0.15, -0.1) is 0 Å². The van der Waals surface area contributed by atoms with Gasteiger partial charge in [-0.25, -0.2) is 9.97 Å². The maximum absolute atomic E-state index is 8.69. The molecular weight excluding hydrogens is 260 g/mol. The molecule has 0 saturated heterocycles. The monoisotopic (exact) mass is 274 g/mol. The molecule has 0 unspecified atom stereocenters. The molecule has 1 heterocycles. The molecule has 0 atom stereocenters. The smallest absolute Gasteiger partial charge is 0.192 e. The fourth-order valence-electron chi connectivity index (χ4n) is 1.62. The molecule has 0 aliphatic heterocycles. The highest BCUT2D eigenvalue weighted by Gasteiger charge is 2.06. The maximum Gasteiger partial charge on any atom is 0.192 e. The number of oxime groups is 1. The van der Waals surface area contributed by atoms with Gasteiger partial charge >= 0.3 is 0 Å². The summed E-state index contributed by atoms with van der Waals surface area (Å²) in [4.78, 5) is 9.55. The van der Waals surface area contributed by atoms with Crippen molar-refractivity contribution in [3.05, 3.63) is 47.3 Å². The fraction of sp³-hybridized carbons (Fsp3) is 0.154. The Kier molecular flexibility index (Phi) is 4.01. The van der Waals surface area contributed by atoms with E-state index in [-0.39, 0.29) is 5.84 Å². The van der Waals surface area contributed by atoms with E-state index >= 15 is 0 Å². The predicted octanol–water partition coefficient (Wildman–Crippen LogP) is 2.34. The Labute approximate surface area is 115 Å². The first-order valence-corrected chi connectivity index (χ1v) is 6.48. The Balaban J connectivity index is 2.26. The van der Waals surface area contributed by atoms with Crippen molar-refractivity contribution in [1.29, 1.82) is 0 Å². The number of nitrogens with zero attached hydrogens (tertiary/aromatic N) is 3. The van der Waals surface area contributed by atoms with Crippen molar-refractivity contribution in [2.24, 2.45) is 10.9 Å². The standard InChI is InChI=1S/C13H14N4OS/c1-8-7-10(3-4-11(8)12(14)17-18)19-13-15-6-5-9(2)16-13/h3-7,18H,1-2H3,(H2,14,17). The van der Waals surface area contributed by atoms with E-state index < -0.39 is 0 Å². The van der Waals surface area contributed by atoms with Crippen LogP contribution in [0, 0.1) is 13.8 Å². The van der Waals surface area contributed by atoms with Crippen LogP contribution in [0.3, 0.4) is 0 Å². The average Bonchev–Trinajstić information content (AvgIpc) is 2.38. The summed E-state index contributed by atoms with van der Waals surface area (Å²) in [5, 5.41) is 12.4. The molecule has 5 nitrogen and oxygen atoms in total. The lowest BCUT2D eigenvalue weighted by atomic mass is 10.1. The van der Waals surface area contributed by atoms with Gasteiger partial charge in [0, 0.05) is 22.3 Å². The van der Waals surface area contributed by atoms with Crippen LogP contribution >= 0.6 is 11.8 Å². The summed E-state index contributed by atoms with van der Waals surface area (Å²) in [6.45, 7) is 3.84. The van der Waals surface area contributed by atoms with Gasteiger partial charge in [-0.3, -0.25) is 0 Å². The number of nitrogens with two attached hydrogens (primary N) is 1. The summed E-state index contributed by atoms with van der Waals surface area (Å²) in [6.07, 6.45) is 1.74. The summed E-state index contributed by atoms with van der Waals surface area (Å²) in [6, 6.07) is 7.54. The van der Waals surface area contributed by atoms with Gasteiger partial charge < -0.3 is 10.9 Å². The number of rotatable bonds is 3. The van der Waals surface area contributed by atoms with Gasteiger partial charge in [0.1, 0.15) is 0 Å². The average molecular weight is 274 g/mol. The summed E-state index contributed by atoms with van der Waals surface area (Å²) in [5.74, 6) is 0.112. The van der Waals surface area contributed by atoms with E-state index in [1.165, 1.54) is 11.8 Å². The van der Waals surface area contributed by atoms with Gasteiger partial charge in [-0.05, 0) is 55.4 Å². The Morgan fingerprint density at radius 3 is 2.74 bits per heavy atom. The van der Waals surface area contributed by atoms with Crippen LogP contribution in [-0.2, 0) is 0 Å². The van der Waals surface area contributed by atoms with Crippen LogP contribution in [-0.4, -0.2) is 21.0 Å². The molecule has 0 amide bonds. The van der Waals surface area contributed by atoms with Crippen LogP contribution in [0.25, 0.3) is 0 Å². The molecule has 19 heavy (non-hydrogen) atoms. The zero-order valence-corrected chi connectivity index (χ0v) is 11.5. The van der Waals surface area contributed by atoms with Crippen LogP contribution in [0.1, 0.15) is 16.8 Å². The molecule has 1 aromatic carbocycles. The highest BCUT2D eigenvalue weighted by atomic mass is 32.2. The zero-order valence-electron chi connectivity index (χ0n) is 10.7. The van der Waals surface area contributed by atoms with Crippen LogP contribution in [0.5, 0.6) is 0 Å². The number of aromatic nitrogens is 2. The topological polar surface area (TPSA) is 84.4 Å². The highest BCUT2D eigenvalue weighted by Crippen LogP contribution is 2.26. The van der Waals surface area contributed by atoms with E-state index in [1.807, 2.05) is 38.1 Å². The molecule has 0 aliphatic carbocycles. The summed E-state index contributed by atoms with van der Waals surface area (Å²) < 4.78 is 0. The largest absolute Gasteiger partial charge is 0.409 e. The number of hydrogen-bond donors (Lipinski definition) is 2. The van der Waals surface area contributed by atoms with Crippen LogP contribution in [0.15, 0.2) is 45.7 Å². The molecule has 3 N–H and O–H groups in total. The molecule has 98 valence electrons. The number of benzene rings is 1. The summed E-state index contributed by atoms with van der Waals surface area (Å²) in [7, 11) is 0. The minimum atomic E-state index is 0.112. The second-order valence-electron chi connectivity index (χ2n) is 4.04. The van der Waals surface area contributed by atoms with Gasteiger partial charge in [-0.1, -0.05) is 5.16 Å². The van der Waals surface area contributed by atoms with Crippen LogP contribution < -0.4 is 5.73 Å². The highest BCUT2D eigenvalue weighted by molar-refractivity contribution is 7.99. The molecule has 0 fully saturated rings. The minimum Gasteiger partial charge on any atom is -0.409 e. The van der Waals surface area contributed by atoms with E-state index in [4.69, 9.17) is 10.9 Å². The van der Waals surface area contributed by atoms with Crippen molar-refractivity contribution >= 4 is 17.6 Å². The van der Waals surface area contributed by atoms with Gasteiger partial charge in [0.2, 0.25) is 0 Å². The molecule has 6 heteroatoms. The second-order valence-corrected chi connectivity index (χ2v) is 5.09. The van der Waals surface area contributed by atoms with Gasteiger partial charge in [0.25, 0.3) is 0 Å². The van der Waals surface area contributed by atoms with Gasteiger partial charge in [0.05, 0.1) is 0 Å². The Morgan fingerprint density at radius 1 is 1.32 bits per heavy atom. The van der Waals surface area contributed by atoms with E-state index in [0.717, 1.165) is 21.7 Å². The first-order valence-electron chi connectivity index (χ1n) is 5.66. The molecule has 1 aromatic heterocycles. The molecule has 0 aliphatic rings. The summed E-state index contributed by atoms with van der Waals surface area (Å²) in [5.41, 5.74) is 8.18. The maximum atomic E-state index is 8.69. The third kappa shape index (κ3) is 3.23. The van der Waals surface area contributed by atoms with E-state index in [1.54, 1.807) is 6.20 Å². The Morgan fingerprint density at radius 2 is 2.11 bits per heavy atom. The molecular formula is C13H14N4OS. The first-order chi connectivity index (χ1) is 9.10. The molecule has 0 bridgehead atoms. The lowest BCUT2D eigenvalue weighted by Gasteiger charge is -2.06. The Hall–Kier alpha value is -2.08.